The van der Waals surface area contributed by atoms with E-state index < -0.39 is 28.9 Å². The number of carbonyl (C=O) groups excluding carboxylic acids is 2. The lowest BCUT2D eigenvalue weighted by Gasteiger charge is -2.18. The van der Waals surface area contributed by atoms with Crippen LogP contribution in [-0.2, 0) is 23.7 Å². The minimum atomic E-state index is -0.562. The van der Waals surface area contributed by atoms with Gasteiger partial charge in [0.05, 0.1) is 28.7 Å². The third kappa shape index (κ3) is 4.64. The van der Waals surface area contributed by atoms with Crippen molar-refractivity contribution in [2.24, 2.45) is 14.1 Å². The average molecular weight is 495 g/mol. The molecule has 2 amide bonds. The van der Waals surface area contributed by atoms with Gasteiger partial charge in [0.15, 0.2) is 5.13 Å². The maximum absolute atomic E-state index is 14.2. The second-order valence-corrected chi connectivity index (χ2v) is 8.32. The lowest BCUT2D eigenvalue weighted by atomic mass is 10.3. The Morgan fingerprint density at radius 1 is 1.17 bits per heavy atom. The van der Waals surface area contributed by atoms with E-state index in [1.165, 1.54) is 68.2 Å². The van der Waals surface area contributed by atoms with Gasteiger partial charge in [-0.25, -0.2) is 19.2 Å². The Hall–Kier alpha value is -4.45. The van der Waals surface area contributed by atoms with Crippen molar-refractivity contribution in [3.05, 3.63) is 80.3 Å². The smallest absolute Gasteiger partial charge is 0.321 e. The number of benzene rings is 1. The van der Waals surface area contributed by atoms with Crippen LogP contribution in [0.15, 0.2) is 57.6 Å². The predicted molar refractivity (Wildman–Crippen MR) is 131 cm³/mol. The summed E-state index contributed by atoms with van der Waals surface area (Å²) < 4.78 is 16.4. The third-order valence-corrected chi connectivity index (χ3v) is 5.92. The molecule has 3 heterocycles. The number of hydrogen-bond acceptors (Lipinski definition) is 7. The number of aryl methyl sites for hydroxylation is 1. The first-order chi connectivity index (χ1) is 16.7. The molecule has 35 heavy (non-hydrogen) atoms. The molecule has 0 spiro atoms. The first-order valence-electron chi connectivity index (χ1n) is 10.2. The van der Waals surface area contributed by atoms with E-state index in [2.05, 4.69) is 15.3 Å². The fourth-order valence-electron chi connectivity index (χ4n) is 3.37. The van der Waals surface area contributed by atoms with Crippen LogP contribution in [0.2, 0.25) is 0 Å². The highest BCUT2D eigenvalue weighted by Crippen LogP contribution is 2.31. The lowest BCUT2D eigenvalue weighted by molar-refractivity contribution is -0.116. The largest absolute Gasteiger partial charge is 0.332 e. The standard InChI is InChI=1S/C23H19FN6O4S/c1-13(31)30(18-7-5-4-6-17(18)24)22-27-14(12-35-22)8-9-19(32)26-15-10-16-20(25-11-15)28(2)23(34)29(3)21(16)33/h4-12H,1-3H3,(H,26,32)/b9-8+. The zero-order chi connectivity index (χ0) is 25.3. The zero-order valence-electron chi connectivity index (χ0n) is 18.9. The number of amides is 2. The van der Waals surface area contributed by atoms with Crippen molar-refractivity contribution < 1.29 is 14.0 Å². The van der Waals surface area contributed by atoms with Crippen LogP contribution in [0.3, 0.4) is 0 Å². The van der Waals surface area contributed by atoms with Gasteiger partial charge in [0.2, 0.25) is 11.8 Å². The molecule has 4 rings (SSSR count). The summed E-state index contributed by atoms with van der Waals surface area (Å²) in [5.74, 6) is -1.49. The summed E-state index contributed by atoms with van der Waals surface area (Å²) in [6, 6.07) is 7.31. The molecule has 0 saturated carbocycles. The topological polar surface area (TPSA) is 119 Å². The number of thiazole rings is 1. The summed E-state index contributed by atoms with van der Waals surface area (Å²) in [6.07, 6.45) is 4.00. The highest BCUT2D eigenvalue weighted by molar-refractivity contribution is 7.14. The van der Waals surface area contributed by atoms with Gasteiger partial charge in [0.1, 0.15) is 11.5 Å². The monoisotopic (exact) mass is 494 g/mol. The van der Waals surface area contributed by atoms with Crippen molar-refractivity contribution in [3.8, 4) is 0 Å². The second kappa shape index (κ2) is 9.43. The number of hydrogen-bond donors (Lipinski definition) is 1. The summed E-state index contributed by atoms with van der Waals surface area (Å²) in [7, 11) is 2.86. The minimum absolute atomic E-state index is 0.0788. The molecule has 0 aliphatic rings. The van der Waals surface area contributed by atoms with Crippen molar-refractivity contribution >= 4 is 56.8 Å². The van der Waals surface area contributed by atoms with E-state index in [9.17, 15) is 23.6 Å². The minimum Gasteiger partial charge on any atom is -0.321 e. The van der Waals surface area contributed by atoms with Crippen molar-refractivity contribution in [2.75, 3.05) is 10.2 Å². The van der Waals surface area contributed by atoms with E-state index in [0.29, 0.717) is 5.69 Å². The Bertz CT molecular complexity index is 1620. The number of anilines is 3. The van der Waals surface area contributed by atoms with E-state index in [-0.39, 0.29) is 27.5 Å². The van der Waals surface area contributed by atoms with E-state index >= 15 is 0 Å². The van der Waals surface area contributed by atoms with E-state index in [4.69, 9.17) is 0 Å². The van der Waals surface area contributed by atoms with E-state index in [0.717, 1.165) is 20.8 Å². The number of aromatic nitrogens is 4. The van der Waals surface area contributed by atoms with Gasteiger partial charge in [0, 0.05) is 32.5 Å². The number of para-hydroxylation sites is 1. The molecule has 0 radical (unpaired) electrons. The first kappa shape index (κ1) is 23.7. The number of nitrogens with zero attached hydrogens (tertiary/aromatic N) is 5. The number of halogens is 1. The van der Waals surface area contributed by atoms with Gasteiger partial charge < -0.3 is 5.32 Å². The first-order valence-corrected chi connectivity index (χ1v) is 11.1. The van der Waals surface area contributed by atoms with Gasteiger partial charge >= 0.3 is 5.69 Å². The molecule has 1 N–H and O–H groups in total. The maximum atomic E-state index is 14.2. The van der Waals surface area contributed by atoms with E-state index in [1.54, 1.807) is 11.4 Å². The molecule has 12 heteroatoms. The quantitative estimate of drug-likeness (QED) is 0.426. The third-order valence-electron chi connectivity index (χ3n) is 5.08. The molecule has 0 saturated heterocycles. The summed E-state index contributed by atoms with van der Waals surface area (Å²) >= 11 is 1.12. The summed E-state index contributed by atoms with van der Waals surface area (Å²) in [5.41, 5.74) is -0.0909. The summed E-state index contributed by atoms with van der Waals surface area (Å²) in [5, 5.41) is 4.66. The van der Waals surface area contributed by atoms with Gasteiger partial charge in [-0.1, -0.05) is 12.1 Å². The Balaban J connectivity index is 1.54. The molecule has 178 valence electrons. The molecular formula is C23H19FN6O4S. The number of pyridine rings is 1. The predicted octanol–water partition coefficient (Wildman–Crippen LogP) is 2.56. The van der Waals surface area contributed by atoms with Crippen LogP contribution >= 0.6 is 11.3 Å². The highest BCUT2D eigenvalue weighted by Gasteiger charge is 2.20. The summed E-state index contributed by atoms with van der Waals surface area (Å²) in [4.78, 5) is 58.6. The van der Waals surface area contributed by atoms with Crippen LogP contribution in [-0.4, -0.2) is 30.9 Å². The molecule has 10 nitrogen and oxygen atoms in total. The second-order valence-electron chi connectivity index (χ2n) is 7.48. The summed E-state index contributed by atoms with van der Waals surface area (Å²) in [6.45, 7) is 1.31. The molecule has 4 aromatic rings. The van der Waals surface area contributed by atoms with Crippen molar-refractivity contribution in [2.45, 2.75) is 6.92 Å². The SMILES string of the molecule is CC(=O)N(c1nc(/C=C/C(=O)Nc2cnc3c(c2)c(=O)n(C)c(=O)n3C)cs1)c1ccccc1F. The molecule has 0 bridgehead atoms. The van der Waals surface area contributed by atoms with Gasteiger partial charge in [-0.2, -0.15) is 0 Å². The van der Waals surface area contributed by atoms with Crippen molar-refractivity contribution in [3.63, 3.8) is 0 Å². The normalized spacial score (nSPS) is 11.2. The Labute approximate surface area is 201 Å². The number of carbonyl (C=O) groups is 2. The van der Waals surface area contributed by atoms with Crippen molar-refractivity contribution in [1.29, 1.82) is 0 Å². The fraction of sp³-hybridized carbons (Fsp3) is 0.130. The highest BCUT2D eigenvalue weighted by atomic mass is 32.1. The molecular weight excluding hydrogens is 475 g/mol. The van der Waals surface area contributed by atoms with Crippen LogP contribution < -0.4 is 21.5 Å². The van der Waals surface area contributed by atoms with E-state index in [1.807, 2.05) is 0 Å². The van der Waals surface area contributed by atoms with Crippen molar-refractivity contribution in [1.82, 2.24) is 19.1 Å². The number of rotatable bonds is 5. The average Bonchev–Trinajstić information content (AvgIpc) is 3.29. The van der Waals surface area contributed by atoms with Gasteiger partial charge in [-0.05, 0) is 24.3 Å². The van der Waals surface area contributed by atoms with Gasteiger partial charge in [0.25, 0.3) is 5.56 Å². The molecule has 0 unspecified atom stereocenters. The Morgan fingerprint density at radius 2 is 1.91 bits per heavy atom. The molecule has 0 aliphatic heterocycles. The Kier molecular flexibility index (Phi) is 6.38. The molecule has 0 atom stereocenters. The Morgan fingerprint density at radius 3 is 2.63 bits per heavy atom. The van der Waals surface area contributed by atoms with Crippen LogP contribution in [0.1, 0.15) is 12.6 Å². The van der Waals surface area contributed by atoms with Crippen LogP contribution in [0.4, 0.5) is 20.9 Å². The van der Waals surface area contributed by atoms with Gasteiger partial charge in [-0.15, -0.1) is 11.3 Å². The zero-order valence-corrected chi connectivity index (χ0v) is 19.7. The van der Waals surface area contributed by atoms with Crippen LogP contribution in [0, 0.1) is 5.82 Å². The molecule has 1 aromatic carbocycles. The lowest BCUT2D eigenvalue weighted by Crippen LogP contribution is -2.37. The van der Waals surface area contributed by atoms with Gasteiger partial charge in [-0.3, -0.25) is 28.4 Å². The molecule has 3 aromatic heterocycles. The van der Waals surface area contributed by atoms with Crippen LogP contribution in [0.5, 0.6) is 0 Å². The fourth-order valence-corrected chi connectivity index (χ4v) is 4.22. The number of fused-ring (bicyclic) bond motifs is 1. The molecule has 0 fully saturated rings. The van der Waals surface area contributed by atoms with Crippen LogP contribution in [0.25, 0.3) is 17.1 Å². The maximum Gasteiger partial charge on any atom is 0.332 e. The molecule has 0 aliphatic carbocycles. The number of nitrogens with one attached hydrogen (secondary N) is 1.